The fraction of sp³-hybridized carbons (Fsp3) is 0.462. The topological polar surface area (TPSA) is 20.3 Å². The molecule has 0 amide bonds. The van der Waals surface area contributed by atoms with Crippen molar-refractivity contribution in [3.63, 3.8) is 0 Å². The van der Waals surface area contributed by atoms with Crippen LogP contribution in [0.2, 0.25) is 0 Å². The lowest BCUT2D eigenvalue weighted by Crippen LogP contribution is -2.39. The molecule has 19 heavy (non-hydrogen) atoms. The number of rotatable bonds is 4. The van der Waals surface area contributed by atoms with Crippen molar-refractivity contribution in [2.75, 3.05) is 11.4 Å². The second-order valence-electron chi connectivity index (χ2n) is 4.56. The van der Waals surface area contributed by atoms with Gasteiger partial charge in [0.05, 0.1) is 0 Å². The Balaban J connectivity index is 3.11. The molecule has 0 atom stereocenters. The van der Waals surface area contributed by atoms with Crippen molar-refractivity contribution in [1.29, 1.82) is 0 Å². The van der Waals surface area contributed by atoms with Gasteiger partial charge in [-0.15, -0.1) is 0 Å². The zero-order valence-electron chi connectivity index (χ0n) is 10.9. The van der Waals surface area contributed by atoms with E-state index in [1.807, 2.05) is 0 Å². The van der Waals surface area contributed by atoms with Gasteiger partial charge in [0, 0.05) is 21.8 Å². The van der Waals surface area contributed by atoms with Crippen molar-refractivity contribution < 1.29 is 18.0 Å². The van der Waals surface area contributed by atoms with Crippen molar-refractivity contribution in [3.05, 3.63) is 28.2 Å². The van der Waals surface area contributed by atoms with E-state index in [1.54, 1.807) is 19.9 Å². The highest BCUT2D eigenvalue weighted by Gasteiger charge is 2.32. The lowest BCUT2D eigenvalue weighted by atomic mass is 10.1. The van der Waals surface area contributed by atoms with Gasteiger partial charge in [0.25, 0.3) is 0 Å². The Morgan fingerprint density at radius 3 is 2.32 bits per heavy atom. The van der Waals surface area contributed by atoms with Crippen LogP contribution in [0.5, 0.6) is 0 Å². The van der Waals surface area contributed by atoms with Crippen LogP contribution in [0.3, 0.4) is 0 Å². The number of benzene rings is 1. The summed E-state index contributed by atoms with van der Waals surface area (Å²) in [6.45, 7) is 3.78. The normalized spacial score (nSPS) is 11.8. The van der Waals surface area contributed by atoms with Gasteiger partial charge < -0.3 is 4.90 Å². The number of ketones is 1. The Kier molecular flexibility index (Phi) is 5.01. The summed E-state index contributed by atoms with van der Waals surface area (Å²) in [4.78, 5) is 12.5. The van der Waals surface area contributed by atoms with Crippen LogP contribution in [-0.2, 0) is 0 Å². The first-order valence-corrected chi connectivity index (χ1v) is 6.55. The summed E-state index contributed by atoms with van der Waals surface area (Å²) >= 11 is 3.22. The third-order valence-corrected chi connectivity index (χ3v) is 3.29. The Hall–Kier alpha value is -1.04. The predicted molar refractivity (Wildman–Crippen MR) is 72.7 cm³/mol. The Bertz CT molecular complexity index is 471. The highest BCUT2D eigenvalue weighted by molar-refractivity contribution is 9.10. The molecule has 1 aromatic carbocycles. The summed E-state index contributed by atoms with van der Waals surface area (Å²) < 4.78 is 38.2. The van der Waals surface area contributed by atoms with Gasteiger partial charge in [-0.1, -0.05) is 0 Å². The highest BCUT2D eigenvalue weighted by Crippen LogP contribution is 2.28. The molecule has 0 N–H and O–H groups in total. The number of hydrogen-bond donors (Lipinski definition) is 0. The number of hydrogen-bond acceptors (Lipinski definition) is 2. The first-order valence-electron chi connectivity index (χ1n) is 5.75. The molecule has 2 nitrogen and oxygen atoms in total. The van der Waals surface area contributed by atoms with E-state index >= 15 is 0 Å². The van der Waals surface area contributed by atoms with E-state index < -0.39 is 12.7 Å². The largest absolute Gasteiger partial charge is 0.405 e. The number of anilines is 1. The van der Waals surface area contributed by atoms with E-state index in [-0.39, 0.29) is 11.8 Å². The first kappa shape index (κ1) is 16.0. The number of halogens is 4. The fourth-order valence-corrected chi connectivity index (χ4v) is 2.38. The second kappa shape index (κ2) is 5.94. The lowest BCUT2D eigenvalue weighted by Gasteiger charge is -2.30. The molecule has 1 rings (SSSR count). The molecular formula is C13H15BrF3NO. The van der Waals surface area contributed by atoms with E-state index in [2.05, 4.69) is 15.9 Å². The summed E-state index contributed by atoms with van der Waals surface area (Å²) in [5.41, 5.74) is 0.892. The molecule has 0 saturated heterocycles. The quantitative estimate of drug-likeness (QED) is 0.757. The second-order valence-corrected chi connectivity index (χ2v) is 5.41. The molecule has 0 saturated carbocycles. The Morgan fingerprint density at radius 2 is 1.95 bits per heavy atom. The first-order chi connectivity index (χ1) is 8.61. The molecule has 0 heterocycles. The molecule has 0 aromatic heterocycles. The van der Waals surface area contributed by atoms with E-state index in [0.29, 0.717) is 15.7 Å². The molecule has 0 radical (unpaired) electrons. The Morgan fingerprint density at radius 1 is 1.37 bits per heavy atom. The number of carbonyl (C=O) groups is 1. The van der Waals surface area contributed by atoms with E-state index in [9.17, 15) is 18.0 Å². The van der Waals surface area contributed by atoms with Crippen LogP contribution in [-0.4, -0.2) is 24.5 Å². The maximum atomic E-state index is 12.6. The highest BCUT2D eigenvalue weighted by atomic mass is 79.9. The van der Waals surface area contributed by atoms with Gasteiger partial charge in [-0.05, 0) is 54.9 Å². The molecule has 1 aromatic rings. The van der Waals surface area contributed by atoms with E-state index in [1.165, 1.54) is 24.0 Å². The number of carbonyl (C=O) groups excluding carboxylic acids is 1. The minimum atomic E-state index is -4.27. The minimum absolute atomic E-state index is 0.134. The zero-order valence-corrected chi connectivity index (χ0v) is 12.5. The molecule has 106 valence electrons. The van der Waals surface area contributed by atoms with Crippen molar-refractivity contribution in [1.82, 2.24) is 0 Å². The zero-order chi connectivity index (χ0) is 14.8. The van der Waals surface area contributed by atoms with Gasteiger partial charge in [-0.2, -0.15) is 13.2 Å². The summed E-state index contributed by atoms with van der Waals surface area (Å²) in [6, 6.07) is 4.32. The molecule has 0 aliphatic carbocycles. The van der Waals surface area contributed by atoms with Gasteiger partial charge in [0.1, 0.15) is 6.54 Å². The van der Waals surface area contributed by atoms with Gasteiger partial charge in [0.2, 0.25) is 0 Å². The van der Waals surface area contributed by atoms with Crippen molar-refractivity contribution in [2.45, 2.75) is 33.0 Å². The van der Waals surface area contributed by atoms with Crippen LogP contribution in [0.25, 0.3) is 0 Å². The molecule has 0 bridgehead atoms. The number of alkyl halides is 3. The van der Waals surface area contributed by atoms with Gasteiger partial charge >= 0.3 is 6.18 Å². The summed E-state index contributed by atoms with van der Waals surface area (Å²) in [7, 11) is 0. The van der Waals surface area contributed by atoms with Crippen LogP contribution in [0.15, 0.2) is 22.7 Å². The molecule has 0 aliphatic heterocycles. The van der Waals surface area contributed by atoms with Crippen molar-refractivity contribution in [2.24, 2.45) is 0 Å². The van der Waals surface area contributed by atoms with Crippen LogP contribution in [0, 0.1) is 0 Å². The van der Waals surface area contributed by atoms with Crippen molar-refractivity contribution >= 4 is 27.4 Å². The summed E-state index contributed by atoms with van der Waals surface area (Å²) in [5.74, 6) is -0.134. The average molecular weight is 338 g/mol. The van der Waals surface area contributed by atoms with E-state index in [0.717, 1.165) is 0 Å². The molecular weight excluding hydrogens is 323 g/mol. The summed E-state index contributed by atoms with van der Waals surface area (Å²) in [5, 5.41) is 0. The summed E-state index contributed by atoms with van der Waals surface area (Å²) in [6.07, 6.45) is -4.27. The van der Waals surface area contributed by atoms with Gasteiger partial charge in [0.15, 0.2) is 5.78 Å². The number of Topliss-reactive ketones (excluding diaryl/α,β-unsaturated/α-hetero) is 1. The van der Waals surface area contributed by atoms with Crippen LogP contribution < -0.4 is 4.90 Å². The maximum Gasteiger partial charge on any atom is 0.405 e. The van der Waals surface area contributed by atoms with Crippen LogP contribution in [0.1, 0.15) is 31.1 Å². The standard InChI is InChI=1S/C13H15BrF3NO/c1-8(2)18(7-13(15,16)17)10-4-5-11(9(3)19)12(14)6-10/h4-6,8H,7H2,1-3H3. The fourth-order valence-electron chi connectivity index (χ4n) is 1.73. The third kappa shape index (κ3) is 4.53. The third-order valence-electron chi connectivity index (χ3n) is 2.64. The molecule has 0 spiro atoms. The minimum Gasteiger partial charge on any atom is -0.360 e. The molecule has 6 heteroatoms. The predicted octanol–water partition coefficient (Wildman–Crippen LogP) is 4.43. The van der Waals surface area contributed by atoms with E-state index in [4.69, 9.17) is 0 Å². The van der Waals surface area contributed by atoms with Crippen LogP contribution >= 0.6 is 15.9 Å². The average Bonchev–Trinajstić information content (AvgIpc) is 2.23. The number of nitrogens with zero attached hydrogens (tertiary/aromatic N) is 1. The molecule has 0 aliphatic rings. The molecule has 0 unspecified atom stereocenters. The van der Waals surface area contributed by atoms with Gasteiger partial charge in [-0.3, -0.25) is 4.79 Å². The molecule has 0 fully saturated rings. The smallest absolute Gasteiger partial charge is 0.360 e. The SMILES string of the molecule is CC(=O)c1ccc(N(CC(F)(F)F)C(C)C)cc1Br. The van der Waals surface area contributed by atoms with Gasteiger partial charge in [-0.25, -0.2) is 0 Å². The lowest BCUT2D eigenvalue weighted by molar-refractivity contribution is -0.120. The van der Waals surface area contributed by atoms with Crippen LogP contribution in [0.4, 0.5) is 18.9 Å². The Labute approximate surface area is 118 Å². The maximum absolute atomic E-state index is 12.6. The monoisotopic (exact) mass is 337 g/mol. The van der Waals surface area contributed by atoms with Crippen molar-refractivity contribution in [3.8, 4) is 0 Å².